The van der Waals surface area contributed by atoms with Crippen LogP contribution in [0.5, 0.6) is 0 Å². The van der Waals surface area contributed by atoms with Gasteiger partial charge in [0.15, 0.2) is 10.3 Å². The molecule has 2 aromatic heterocycles. The van der Waals surface area contributed by atoms with Crippen LogP contribution in [0.15, 0.2) is 77.5 Å². The number of ether oxygens (including phenoxy) is 1. The number of carbonyl (C=O) groups is 2. The van der Waals surface area contributed by atoms with E-state index in [2.05, 4.69) is 5.32 Å². The van der Waals surface area contributed by atoms with Gasteiger partial charge in [0.1, 0.15) is 11.0 Å². The Kier molecular flexibility index (Phi) is 11.9. The summed E-state index contributed by atoms with van der Waals surface area (Å²) in [6.45, 7) is 0. The maximum atomic E-state index is 13.9. The Morgan fingerprint density at radius 1 is 1.00 bits per heavy atom. The average Bonchev–Trinajstić information content (AvgIpc) is 3.64. The van der Waals surface area contributed by atoms with Crippen LogP contribution in [-0.2, 0) is 32.7 Å². The second-order valence-electron chi connectivity index (χ2n) is 8.86. The van der Waals surface area contributed by atoms with E-state index in [-0.39, 0.29) is 47.6 Å². The first-order chi connectivity index (χ1) is 19.1. The number of anilines is 1. The summed E-state index contributed by atoms with van der Waals surface area (Å²) >= 11 is 3.04. The van der Waals surface area contributed by atoms with Gasteiger partial charge in [-0.3, -0.25) is 9.52 Å². The second kappa shape index (κ2) is 14.9. The number of thiazole rings is 1. The van der Waals surface area contributed by atoms with Gasteiger partial charge in [-0.05, 0) is 41.1 Å². The zero-order valence-electron chi connectivity index (χ0n) is 22.6. The van der Waals surface area contributed by atoms with E-state index in [1.807, 2.05) is 57.9 Å². The number of thiophene rings is 1. The molecule has 2 atom stereocenters. The van der Waals surface area contributed by atoms with Crippen LogP contribution in [0, 0.1) is 0 Å². The molecule has 0 aliphatic rings. The van der Waals surface area contributed by atoms with E-state index in [1.165, 1.54) is 30.6 Å². The van der Waals surface area contributed by atoms with Crippen LogP contribution in [-0.4, -0.2) is 55.1 Å². The van der Waals surface area contributed by atoms with Crippen LogP contribution in [0.4, 0.5) is 10.5 Å². The number of benzene rings is 2. The fourth-order valence-corrected chi connectivity index (χ4v) is 6.22. The summed E-state index contributed by atoms with van der Waals surface area (Å²) in [5.74, 6) is -0.333. The molecule has 14 heteroatoms. The Hall–Kier alpha value is -2.78. The van der Waals surface area contributed by atoms with Gasteiger partial charge in [-0.2, -0.15) is 0 Å². The number of alkyl carbamates (subject to hydrolysis) is 1. The molecular weight excluding hydrogens is 596 g/mol. The van der Waals surface area contributed by atoms with Gasteiger partial charge in [-0.15, -0.1) is 22.7 Å². The minimum atomic E-state index is -4.65. The summed E-state index contributed by atoms with van der Waals surface area (Å²) in [5, 5.41) is 7.36. The summed E-state index contributed by atoms with van der Waals surface area (Å²) in [6, 6.07) is 18.2. The normalized spacial score (nSPS) is 12.5. The predicted molar refractivity (Wildman–Crippen MR) is 154 cm³/mol. The smallest absolute Gasteiger partial charge is 0.731 e. The summed E-state index contributed by atoms with van der Waals surface area (Å²) in [6.07, 6.45) is -0.117. The molecule has 2 aromatic carbocycles. The quantitative estimate of drug-likeness (QED) is 0.191. The minimum absolute atomic E-state index is 0. The molecule has 0 spiro atoms. The maximum absolute atomic E-state index is 13.9. The van der Waals surface area contributed by atoms with Gasteiger partial charge in [-0.1, -0.05) is 48.5 Å². The standard InChI is InChI=1S/C27H28N4O6S3.Na/c1-31(26(32)21(29-27(33)37-2)15-18-7-4-3-5-8-18)23(22-17-39-25(28-22)24-9-6-14-38-24)16-19-10-12-20(13-11-19)30-40(34,35)36;/h3-14,17,21,23,30H,15-16H2,1-2H3,(H,29,33)(H,34,35,36);/q;+1/p-1/t21-,23-;/m0./s1. The van der Waals surface area contributed by atoms with Gasteiger partial charge in [-0.25, -0.2) is 18.2 Å². The number of rotatable bonds is 11. The van der Waals surface area contributed by atoms with Crippen LogP contribution >= 0.6 is 22.7 Å². The van der Waals surface area contributed by atoms with Crippen LogP contribution in [0.3, 0.4) is 0 Å². The Labute approximate surface area is 268 Å². The number of aromatic nitrogens is 1. The van der Waals surface area contributed by atoms with Crippen molar-refractivity contribution in [1.82, 2.24) is 15.2 Å². The van der Waals surface area contributed by atoms with Crippen molar-refractivity contribution in [3.8, 4) is 9.88 Å². The molecule has 0 saturated carbocycles. The van der Waals surface area contributed by atoms with Crippen molar-refractivity contribution < 1.29 is 56.9 Å². The van der Waals surface area contributed by atoms with E-state index < -0.39 is 28.5 Å². The molecule has 2 heterocycles. The van der Waals surface area contributed by atoms with Crippen LogP contribution in [0.25, 0.3) is 9.88 Å². The van der Waals surface area contributed by atoms with Crippen molar-refractivity contribution in [3.05, 3.63) is 94.3 Å². The molecular formula is C27H27N4NaO6S3. The third-order valence-electron chi connectivity index (χ3n) is 6.09. The average molecular weight is 623 g/mol. The van der Waals surface area contributed by atoms with E-state index in [0.717, 1.165) is 21.0 Å². The van der Waals surface area contributed by atoms with E-state index in [4.69, 9.17) is 9.72 Å². The number of hydrogen-bond acceptors (Lipinski definition) is 9. The number of hydrogen-bond donors (Lipinski definition) is 2. The van der Waals surface area contributed by atoms with E-state index in [9.17, 15) is 22.6 Å². The SMILES string of the molecule is COC(=O)N[C@@H](Cc1ccccc1)C(=O)N(C)[C@@H](Cc1ccc(NS(=O)(=O)[O-])cc1)c1csc(-c2cccs2)n1.[Na+]. The number of methoxy groups -OCH3 is 1. The molecule has 4 rings (SSSR count). The van der Waals surface area contributed by atoms with Crippen molar-refractivity contribution in [3.63, 3.8) is 0 Å². The predicted octanol–water partition coefficient (Wildman–Crippen LogP) is 1.46. The third-order valence-corrected chi connectivity index (χ3v) is 8.48. The van der Waals surface area contributed by atoms with Gasteiger partial charge >= 0.3 is 35.7 Å². The number of nitrogens with zero attached hydrogens (tertiary/aromatic N) is 2. The summed E-state index contributed by atoms with van der Waals surface area (Å²) < 4.78 is 39.8. The first-order valence-electron chi connectivity index (χ1n) is 12.1. The third kappa shape index (κ3) is 9.36. The van der Waals surface area contributed by atoms with E-state index in [0.29, 0.717) is 12.1 Å². The Balaban J connectivity index is 0.00000462. The number of amides is 2. The maximum Gasteiger partial charge on any atom is 1.00 e. The molecule has 0 saturated heterocycles. The van der Waals surface area contributed by atoms with Gasteiger partial charge in [0.25, 0.3) is 0 Å². The second-order valence-corrected chi connectivity index (χ2v) is 11.8. The first kappa shape index (κ1) is 32.7. The Morgan fingerprint density at radius 3 is 2.29 bits per heavy atom. The molecule has 0 bridgehead atoms. The molecule has 0 radical (unpaired) electrons. The largest absolute Gasteiger partial charge is 1.00 e. The first-order valence-corrected chi connectivity index (χ1v) is 15.3. The van der Waals surface area contributed by atoms with Crippen molar-refractivity contribution in [2.24, 2.45) is 0 Å². The van der Waals surface area contributed by atoms with Crippen molar-refractivity contribution in [2.45, 2.75) is 24.9 Å². The van der Waals surface area contributed by atoms with Crippen LogP contribution < -0.4 is 39.6 Å². The number of nitrogens with one attached hydrogen (secondary N) is 2. The molecule has 41 heavy (non-hydrogen) atoms. The molecule has 0 aliphatic heterocycles. The number of likely N-dealkylation sites (N-methyl/N-ethyl adjacent to an activating group) is 1. The van der Waals surface area contributed by atoms with Crippen LogP contribution in [0.2, 0.25) is 0 Å². The Morgan fingerprint density at radius 2 is 1.68 bits per heavy atom. The molecule has 2 N–H and O–H groups in total. The van der Waals surface area contributed by atoms with Gasteiger partial charge in [0.2, 0.25) is 5.91 Å². The van der Waals surface area contributed by atoms with Gasteiger partial charge in [0, 0.05) is 24.5 Å². The molecule has 0 unspecified atom stereocenters. The van der Waals surface area contributed by atoms with Crippen LogP contribution in [0.1, 0.15) is 22.9 Å². The van der Waals surface area contributed by atoms with Gasteiger partial charge < -0.3 is 19.5 Å². The zero-order valence-corrected chi connectivity index (χ0v) is 27.1. The van der Waals surface area contributed by atoms with E-state index in [1.54, 1.807) is 35.4 Å². The Bertz CT molecular complexity index is 1530. The van der Waals surface area contributed by atoms with Crippen molar-refractivity contribution >= 4 is 50.7 Å². The molecule has 0 fully saturated rings. The van der Waals surface area contributed by atoms with E-state index >= 15 is 0 Å². The zero-order chi connectivity index (χ0) is 28.7. The molecule has 0 aliphatic carbocycles. The number of carbonyl (C=O) groups excluding carboxylic acids is 2. The van der Waals surface area contributed by atoms with Gasteiger partial charge in [0.05, 0.1) is 23.7 Å². The minimum Gasteiger partial charge on any atom is -0.731 e. The molecule has 210 valence electrons. The summed E-state index contributed by atoms with van der Waals surface area (Å²) in [5.41, 5.74) is 2.46. The van der Waals surface area contributed by atoms with Crippen molar-refractivity contribution in [2.75, 3.05) is 18.9 Å². The summed E-state index contributed by atoms with van der Waals surface area (Å²) in [4.78, 5) is 33.4. The summed E-state index contributed by atoms with van der Waals surface area (Å²) in [7, 11) is -1.75. The fourth-order valence-electron chi connectivity index (χ4n) is 4.12. The molecule has 10 nitrogen and oxygen atoms in total. The topological polar surface area (TPSA) is 141 Å². The molecule has 2 amide bonds. The van der Waals surface area contributed by atoms with Crippen molar-refractivity contribution in [1.29, 1.82) is 0 Å². The fraction of sp³-hybridized carbons (Fsp3) is 0.222. The monoisotopic (exact) mass is 622 g/mol. The molecule has 4 aromatic rings.